The Kier molecular flexibility index (Phi) is 4.17. The fraction of sp³-hybridized carbons (Fsp3) is 0.333. The third-order valence-corrected chi connectivity index (χ3v) is 3.10. The van der Waals surface area contributed by atoms with Gasteiger partial charge in [0.25, 0.3) is 0 Å². The summed E-state index contributed by atoms with van der Waals surface area (Å²) >= 11 is 0. The standard InChI is InChI=1S/C9H10F3NO2S/c10-4-1-5-16(14,15)13-9-3-2-7(11)6-8(9)12/h2-3,6,13H,1,4-5H2. The lowest BCUT2D eigenvalue weighted by molar-refractivity contribution is 0.484. The second-order valence-corrected chi connectivity index (χ2v) is 4.93. The molecule has 0 atom stereocenters. The minimum Gasteiger partial charge on any atom is -0.281 e. The first-order valence-electron chi connectivity index (χ1n) is 4.46. The molecule has 16 heavy (non-hydrogen) atoms. The molecule has 0 radical (unpaired) electrons. The summed E-state index contributed by atoms with van der Waals surface area (Å²) in [5, 5.41) is 0. The quantitative estimate of drug-likeness (QED) is 0.873. The Bertz CT molecular complexity index is 462. The molecule has 3 nitrogen and oxygen atoms in total. The highest BCUT2D eigenvalue weighted by Gasteiger charge is 2.13. The van der Waals surface area contributed by atoms with E-state index in [4.69, 9.17) is 0 Å². The number of benzene rings is 1. The van der Waals surface area contributed by atoms with Crippen LogP contribution in [0.4, 0.5) is 18.9 Å². The van der Waals surface area contributed by atoms with E-state index in [2.05, 4.69) is 0 Å². The maximum Gasteiger partial charge on any atom is 0.232 e. The van der Waals surface area contributed by atoms with Crippen molar-refractivity contribution in [3.05, 3.63) is 29.8 Å². The number of halogens is 3. The number of anilines is 1. The van der Waals surface area contributed by atoms with Crippen LogP contribution >= 0.6 is 0 Å². The van der Waals surface area contributed by atoms with Gasteiger partial charge in [0.05, 0.1) is 18.1 Å². The Labute approximate surface area is 91.3 Å². The Morgan fingerprint density at radius 1 is 1.25 bits per heavy atom. The van der Waals surface area contributed by atoms with Crippen molar-refractivity contribution >= 4 is 15.7 Å². The fourth-order valence-corrected chi connectivity index (χ4v) is 2.13. The van der Waals surface area contributed by atoms with Crippen LogP contribution in [0.25, 0.3) is 0 Å². The first kappa shape index (κ1) is 12.8. The highest BCUT2D eigenvalue weighted by atomic mass is 32.2. The van der Waals surface area contributed by atoms with Gasteiger partial charge in [0.15, 0.2) is 0 Å². The molecule has 0 unspecified atom stereocenters. The van der Waals surface area contributed by atoms with Crippen molar-refractivity contribution in [2.45, 2.75) is 6.42 Å². The third-order valence-electron chi connectivity index (χ3n) is 1.74. The van der Waals surface area contributed by atoms with E-state index in [0.29, 0.717) is 6.07 Å². The molecule has 0 aliphatic carbocycles. The van der Waals surface area contributed by atoms with E-state index < -0.39 is 34.1 Å². The molecule has 1 rings (SSSR count). The normalized spacial score (nSPS) is 11.4. The molecule has 0 aliphatic rings. The van der Waals surface area contributed by atoms with Crippen LogP contribution < -0.4 is 4.72 Å². The largest absolute Gasteiger partial charge is 0.281 e. The SMILES string of the molecule is O=S(=O)(CCCF)Nc1ccc(F)cc1F. The lowest BCUT2D eigenvalue weighted by Gasteiger charge is -2.07. The molecule has 0 amide bonds. The molecule has 1 aromatic rings. The minimum atomic E-state index is -3.78. The molecular weight excluding hydrogens is 243 g/mol. The average Bonchev–Trinajstić information content (AvgIpc) is 2.19. The van der Waals surface area contributed by atoms with Crippen LogP contribution in [0.15, 0.2) is 18.2 Å². The van der Waals surface area contributed by atoms with Gasteiger partial charge in [-0.2, -0.15) is 0 Å². The van der Waals surface area contributed by atoms with Crippen molar-refractivity contribution in [1.29, 1.82) is 0 Å². The summed E-state index contributed by atoms with van der Waals surface area (Å²) in [4.78, 5) is 0. The number of alkyl halides is 1. The van der Waals surface area contributed by atoms with Crippen molar-refractivity contribution < 1.29 is 21.6 Å². The molecule has 0 bridgehead atoms. The molecule has 0 fully saturated rings. The molecule has 0 aliphatic heterocycles. The van der Waals surface area contributed by atoms with Gasteiger partial charge in [-0.1, -0.05) is 0 Å². The van der Waals surface area contributed by atoms with Crippen LogP contribution in [0, 0.1) is 11.6 Å². The van der Waals surface area contributed by atoms with Crippen LogP contribution in [-0.4, -0.2) is 20.8 Å². The first-order chi connectivity index (χ1) is 7.44. The van der Waals surface area contributed by atoms with E-state index >= 15 is 0 Å². The first-order valence-corrected chi connectivity index (χ1v) is 6.11. The van der Waals surface area contributed by atoms with Crippen molar-refractivity contribution in [2.24, 2.45) is 0 Å². The second-order valence-electron chi connectivity index (χ2n) is 3.09. The van der Waals surface area contributed by atoms with Gasteiger partial charge in [-0.25, -0.2) is 17.2 Å². The van der Waals surface area contributed by atoms with Crippen molar-refractivity contribution in [3.8, 4) is 0 Å². The summed E-state index contributed by atoms with van der Waals surface area (Å²) in [5.41, 5.74) is -0.347. The van der Waals surface area contributed by atoms with Crippen molar-refractivity contribution in [3.63, 3.8) is 0 Å². The Morgan fingerprint density at radius 3 is 2.50 bits per heavy atom. The van der Waals surface area contributed by atoms with Gasteiger partial charge in [0.2, 0.25) is 10.0 Å². The number of nitrogens with one attached hydrogen (secondary N) is 1. The lowest BCUT2D eigenvalue weighted by Crippen LogP contribution is -2.17. The summed E-state index contributed by atoms with van der Waals surface area (Å²) in [5.74, 6) is -2.26. The van der Waals surface area contributed by atoms with Crippen LogP contribution in [-0.2, 0) is 10.0 Å². The summed E-state index contributed by atoms with van der Waals surface area (Å²) in [6, 6.07) is 2.46. The number of rotatable bonds is 5. The Morgan fingerprint density at radius 2 is 1.94 bits per heavy atom. The van der Waals surface area contributed by atoms with E-state index in [1.54, 1.807) is 0 Å². The van der Waals surface area contributed by atoms with Crippen LogP contribution in [0.3, 0.4) is 0 Å². The van der Waals surface area contributed by atoms with Gasteiger partial charge in [0, 0.05) is 6.07 Å². The summed E-state index contributed by atoms with van der Waals surface area (Å²) in [6.45, 7) is -0.771. The predicted octanol–water partition coefficient (Wildman–Crippen LogP) is 2.07. The van der Waals surface area contributed by atoms with Crippen molar-refractivity contribution in [2.75, 3.05) is 17.1 Å². The molecule has 0 aromatic heterocycles. The molecule has 1 aromatic carbocycles. The maximum absolute atomic E-state index is 13.1. The minimum absolute atomic E-state index is 0.169. The summed E-state index contributed by atoms with van der Waals surface area (Å²) in [7, 11) is -3.78. The van der Waals surface area contributed by atoms with Crippen LogP contribution in [0.5, 0.6) is 0 Å². The summed E-state index contributed by atoms with van der Waals surface area (Å²) < 4.78 is 61.8. The van der Waals surface area contributed by atoms with Gasteiger partial charge >= 0.3 is 0 Å². The molecule has 0 saturated carbocycles. The van der Waals surface area contributed by atoms with Gasteiger partial charge in [-0.05, 0) is 18.6 Å². The van der Waals surface area contributed by atoms with Crippen LogP contribution in [0.1, 0.15) is 6.42 Å². The number of hydrogen-bond acceptors (Lipinski definition) is 2. The fourth-order valence-electron chi connectivity index (χ4n) is 1.04. The van der Waals surface area contributed by atoms with E-state index in [1.165, 1.54) is 0 Å². The molecule has 7 heteroatoms. The maximum atomic E-state index is 13.1. The smallest absolute Gasteiger partial charge is 0.232 e. The zero-order chi connectivity index (χ0) is 12.2. The highest BCUT2D eigenvalue weighted by molar-refractivity contribution is 7.92. The topological polar surface area (TPSA) is 46.2 Å². The number of sulfonamides is 1. The van der Waals surface area contributed by atoms with Crippen molar-refractivity contribution in [1.82, 2.24) is 0 Å². The monoisotopic (exact) mass is 253 g/mol. The molecule has 0 saturated heterocycles. The van der Waals surface area contributed by atoms with Crippen LogP contribution in [0.2, 0.25) is 0 Å². The Hall–Kier alpha value is -1.24. The summed E-state index contributed by atoms with van der Waals surface area (Å²) in [6.07, 6.45) is -0.169. The predicted molar refractivity (Wildman–Crippen MR) is 54.4 cm³/mol. The van der Waals surface area contributed by atoms with E-state index in [-0.39, 0.29) is 12.1 Å². The lowest BCUT2D eigenvalue weighted by atomic mass is 10.3. The van der Waals surface area contributed by atoms with E-state index in [0.717, 1.165) is 12.1 Å². The number of hydrogen-bond donors (Lipinski definition) is 1. The van der Waals surface area contributed by atoms with E-state index in [9.17, 15) is 21.6 Å². The molecule has 90 valence electrons. The molecular formula is C9H10F3NO2S. The Balaban J connectivity index is 2.80. The van der Waals surface area contributed by atoms with Gasteiger partial charge < -0.3 is 0 Å². The van der Waals surface area contributed by atoms with E-state index in [1.807, 2.05) is 4.72 Å². The molecule has 0 spiro atoms. The third kappa shape index (κ3) is 3.73. The highest BCUT2D eigenvalue weighted by Crippen LogP contribution is 2.16. The van der Waals surface area contributed by atoms with Gasteiger partial charge in [0.1, 0.15) is 11.6 Å². The second kappa shape index (κ2) is 5.20. The zero-order valence-electron chi connectivity index (χ0n) is 8.21. The molecule has 1 N–H and O–H groups in total. The van der Waals surface area contributed by atoms with Gasteiger partial charge in [-0.3, -0.25) is 9.11 Å². The average molecular weight is 253 g/mol. The van der Waals surface area contributed by atoms with Gasteiger partial charge in [-0.15, -0.1) is 0 Å². The zero-order valence-corrected chi connectivity index (χ0v) is 9.03. The molecule has 0 heterocycles.